The molecule has 1 fully saturated rings. The van der Waals surface area contributed by atoms with Gasteiger partial charge in [-0.05, 0) is 31.5 Å². The largest absolute Gasteiger partial charge is 0.308 e. The Morgan fingerprint density at radius 1 is 1.47 bits per heavy atom. The molecule has 1 saturated carbocycles. The zero-order chi connectivity index (χ0) is 12.0. The molecule has 0 unspecified atom stereocenters. The maximum absolute atomic E-state index is 12.2. The lowest BCUT2D eigenvalue weighted by molar-refractivity contribution is 0.304. The van der Waals surface area contributed by atoms with Crippen molar-refractivity contribution in [2.45, 2.75) is 31.8 Å². The molecule has 1 aliphatic heterocycles. The van der Waals surface area contributed by atoms with Gasteiger partial charge in [0.15, 0.2) is 0 Å². The molecule has 4 nitrogen and oxygen atoms in total. The molecule has 0 amide bonds. The molecule has 0 aromatic carbocycles. The first-order valence-electron chi connectivity index (χ1n) is 6.06. The first-order chi connectivity index (χ1) is 8.20. The van der Waals surface area contributed by atoms with Crippen LogP contribution >= 0.6 is 0 Å². The smallest absolute Gasteiger partial charge is 0.268 e. The predicted molar refractivity (Wildman–Crippen MR) is 63.7 cm³/mol. The Balaban J connectivity index is 2.22. The van der Waals surface area contributed by atoms with Crippen LogP contribution in [0.2, 0.25) is 0 Å². The Bertz CT molecular complexity index is 563. The van der Waals surface area contributed by atoms with Gasteiger partial charge < -0.3 is 9.47 Å². The van der Waals surface area contributed by atoms with Gasteiger partial charge in [-0.2, -0.15) is 5.26 Å². The highest BCUT2D eigenvalue weighted by atomic mass is 16.1. The fourth-order valence-electron chi connectivity index (χ4n) is 2.61. The number of rotatable bonds is 1. The number of nitrogens with zero attached hydrogens (tertiary/aromatic N) is 3. The lowest BCUT2D eigenvalue weighted by atomic mass is 10.0. The highest BCUT2D eigenvalue weighted by Gasteiger charge is 2.30. The minimum atomic E-state index is -0.0849. The Labute approximate surface area is 100 Å². The third kappa shape index (κ3) is 1.67. The van der Waals surface area contributed by atoms with Crippen LogP contribution in [0.15, 0.2) is 10.9 Å². The van der Waals surface area contributed by atoms with Crippen LogP contribution in [0.25, 0.3) is 0 Å². The van der Waals surface area contributed by atoms with E-state index in [1.807, 2.05) is 10.6 Å². The van der Waals surface area contributed by atoms with Crippen LogP contribution in [0.4, 0.5) is 0 Å². The third-order valence-electron chi connectivity index (χ3n) is 3.63. The van der Waals surface area contributed by atoms with E-state index in [0.29, 0.717) is 11.6 Å². The van der Waals surface area contributed by atoms with Crippen molar-refractivity contribution < 1.29 is 0 Å². The molecule has 0 atom stereocenters. The zero-order valence-electron chi connectivity index (χ0n) is 9.94. The van der Waals surface area contributed by atoms with Crippen molar-refractivity contribution in [1.82, 2.24) is 9.47 Å². The second-order valence-corrected chi connectivity index (χ2v) is 5.04. The molecule has 2 aliphatic rings. The van der Waals surface area contributed by atoms with Crippen molar-refractivity contribution in [3.05, 3.63) is 33.2 Å². The molecule has 0 bridgehead atoms. The van der Waals surface area contributed by atoms with Crippen molar-refractivity contribution in [1.29, 1.82) is 5.26 Å². The van der Waals surface area contributed by atoms with Crippen LogP contribution in [0, 0.1) is 11.3 Å². The van der Waals surface area contributed by atoms with Gasteiger partial charge in [0.1, 0.15) is 11.6 Å². The van der Waals surface area contributed by atoms with Crippen molar-refractivity contribution >= 4 is 0 Å². The normalized spacial score (nSPS) is 19.8. The topological polar surface area (TPSA) is 49.0 Å². The predicted octanol–water partition coefficient (Wildman–Crippen LogP) is 1.04. The summed E-state index contributed by atoms with van der Waals surface area (Å²) in [6.45, 7) is 1.84. The third-order valence-corrected chi connectivity index (χ3v) is 3.63. The second-order valence-electron chi connectivity index (χ2n) is 5.04. The number of nitriles is 1. The van der Waals surface area contributed by atoms with Gasteiger partial charge in [0.25, 0.3) is 5.56 Å². The molecule has 0 radical (unpaired) electrons. The summed E-state index contributed by atoms with van der Waals surface area (Å²) in [5.74, 6) is 0. The summed E-state index contributed by atoms with van der Waals surface area (Å²) in [5.41, 5.74) is 2.53. The van der Waals surface area contributed by atoms with E-state index in [2.05, 4.69) is 11.9 Å². The van der Waals surface area contributed by atoms with Crippen LogP contribution in [-0.4, -0.2) is 23.1 Å². The summed E-state index contributed by atoms with van der Waals surface area (Å²) >= 11 is 0. The van der Waals surface area contributed by atoms with Crippen molar-refractivity contribution in [2.24, 2.45) is 0 Å². The fourth-order valence-corrected chi connectivity index (χ4v) is 2.61. The van der Waals surface area contributed by atoms with Gasteiger partial charge in [0.05, 0.1) is 0 Å². The van der Waals surface area contributed by atoms with E-state index in [-0.39, 0.29) is 5.56 Å². The summed E-state index contributed by atoms with van der Waals surface area (Å²) in [4.78, 5) is 14.4. The summed E-state index contributed by atoms with van der Waals surface area (Å²) in [5, 5.41) is 9.04. The van der Waals surface area contributed by atoms with E-state index >= 15 is 0 Å². The number of aromatic nitrogens is 1. The number of pyridine rings is 1. The van der Waals surface area contributed by atoms with Gasteiger partial charge in [-0.3, -0.25) is 4.79 Å². The van der Waals surface area contributed by atoms with E-state index in [1.54, 1.807) is 6.07 Å². The summed E-state index contributed by atoms with van der Waals surface area (Å²) in [6.07, 6.45) is 3.08. The van der Waals surface area contributed by atoms with E-state index < -0.39 is 0 Å². The fraction of sp³-hybridized carbons (Fsp3) is 0.538. The maximum Gasteiger partial charge on any atom is 0.268 e. The van der Waals surface area contributed by atoms with Crippen LogP contribution in [-0.2, 0) is 13.0 Å². The second kappa shape index (κ2) is 3.71. The maximum atomic E-state index is 12.2. The van der Waals surface area contributed by atoms with E-state index in [1.165, 1.54) is 0 Å². The Hall–Kier alpha value is -1.60. The molecule has 2 heterocycles. The molecule has 0 N–H and O–H groups in total. The number of hydrogen-bond donors (Lipinski definition) is 0. The van der Waals surface area contributed by atoms with Crippen LogP contribution in [0.5, 0.6) is 0 Å². The standard InChI is InChI=1S/C13H15N3O/c1-15-5-4-12-10(8-15)6-9(7-14)13(17)16(12)11-2-3-11/h6,11H,2-5,8H2,1H3. The molecule has 17 heavy (non-hydrogen) atoms. The van der Waals surface area contributed by atoms with Crippen molar-refractivity contribution in [3.8, 4) is 6.07 Å². The lowest BCUT2D eigenvalue weighted by Crippen LogP contribution is -2.34. The molecule has 0 saturated heterocycles. The van der Waals surface area contributed by atoms with Gasteiger partial charge in [0.2, 0.25) is 0 Å². The molecule has 1 aliphatic carbocycles. The Morgan fingerprint density at radius 3 is 2.88 bits per heavy atom. The van der Waals surface area contributed by atoms with Gasteiger partial charge >= 0.3 is 0 Å². The SMILES string of the molecule is CN1CCc2c(cc(C#N)c(=O)n2C2CC2)C1. The molecular formula is C13H15N3O. The van der Waals surface area contributed by atoms with Gasteiger partial charge in [-0.25, -0.2) is 0 Å². The van der Waals surface area contributed by atoms with Gasteiger partial charge in [-0.15, -0.1) is 0 Å². The van der Waals surface area contributed by atoms with Crippen LogP contribution in [0.1, 0.15) is 35.7 Å². The summed E-state index contributed by atoms with van der Waals surface area (Å²) < 4.78 is 1.89. The van der Waals surface area contributed by atoms with Crippen LogP contribution < -0.4 is 5.56 Å². The Morgan fingerprint density at radius 2 is 2.24 bits per heavy atom. The van der Waals surface area contributed by atoms with Crippen LogP contribution in [0.3, 0.4) is 0 Å². The highest BCUT2D eigenvalue weighted by Crippen LogP contribution is 2.36. The van der Waals surface area contributed by atoms with E-state index in [0.717, 1.165) is 43.6 Å². The minimum absolute atomic E-state index is 0.0849. The average molecular weight is 229 g/mol. The summed E-state index contributed by atoms with van der Waals surface area (Å²) in [6, 6.07) is 4.17. The summed E-state index contributed by atoms with van der Waals surface area (Å²) in [7, 11) is 2.07. The quantitative estimate of drug-likeness (QED) is 0.723. The molecule has 1 aromatic rings. The molecule has 0 spiro atoms. The van der Waals surface area contributed by atoms with Crippen molar-refractivity contribution in [3.63, 3.8) is 0 Å². The molecule has 88 valence electrons. The molecule has 1 aromatic heterocycles. The van der Waals surface area contributed by atoms with Gasteiger partial charge in [0, 0.05) is 31.2 Å². The highest BCUT2D eigenvalue weighted by molar-refractivity contribution is 5.36. The lowest BCUT2D eigenvalue weighted by Gasteiger charge is -2.27. The van der Waals surface area contributed by atoms with Crippen molar-refractivity contribution in [2.75, 3.05) is 13.6 Å². The zero-order valence-corrected chi connectivity index (χ0v) is 9.94. The first-order valence-corrected chi connectivity index (χ1v) is 6.06. The minimum Gasteiger partial charge on any atom is -0.308 e. The average Bonchev–Trinajstić information content (AvgIpc) is 3.12. The first kappa shape index (κ1) is 10.5. The van der Waals surface area contributed by atoms with Gasteiger partial charge in [-0.1, -0.05) is 0 Å². The number of fused-ring (bicyclic) bond motifs is 1. The Kier molecular flexibility index (Phi) is 2.30. The molecule has 3 rings (SSSR count). The number of likely N-dealkylation sites (N-methyl/N-ethyl adjacent to an activating group) is 1. The monoisotopic (exact) mass is 229 g/mol. The molecular weight excluding hydrogens is 214 g/mol. The molecule has 4 heteroatoms. The van der Waals surface area contributed by atoms with E-state index in [9.17, 15) is 4.79 Å². The van der Waals surface area contributed by atoms with E-state index in [4.69, 9.17) is 5.26 Å². The number of hydrogen-bond acceptors (Lipinski definition) is 3.